The molecule has 1 heterocycles. The first kappa shape index (κ1) is 18.5. The summed E-state index contributed by atoms with van der Waals surface area (Å²) < 4.78 is 0. The van der Waals surface area contributed by atoms with Gasteiger partial charge >= 0.3 is 0 Å². The average Bonchev–Trinajstić information content (AvgIpc) is 2.61. The van der Waals surface area contributed by atoms with Gasteiger partial charge in [-0.05, 0) is 24.3 Å². The molecule has 2 rings (SSSR count). The van der Waals surface area contributed by atoms with E-state index in [0.717, 1.165) is 24.8 Å². The Bertz CT molecular complexity index is 547. The molecule has 0 spiro atoms. The van der Waals surface area contributed by atoms with Gasteiger partial charge in [-0.25, -0.2) is 0 Å². The average molecular weight is 332 g/mol. The number of carbonyl (C=O) groups is 2. The van der Waals surface area contributed by atoms with E-state index < -0.39 is 12.1 Å². The predicted octanol–water partition coefficient (Wildman–Crippen LogP) is 2.26. The molecule has 3 atom stereocenters. The fourth-order valence-corrected chi connectivity index (χ4v) is 2.98. The van der Waals surface area contributed by atoms with Crippen molar-refractivity contribution in [3.63, 3.8) is 0 Å². The lowest BCUT2D eigenvalue weighted by atomic mass is 9.99. The number of nitrogens with one attached hydrogen (secondary N) is 1. The monoisotopic (exact) mass is 332 g/mol. The number of rotatable bonds is 7. The van der Waals surface area contributed by atoms with Gasteiger partial charge < -0.3 is 15.3 Å². The Morgan fingerprint density at radius 3 is 2.62 bits per heavy atom. The van der Waals surface area contributed by atoms with Crippen LogP contribution in [0.1, 0.15) is 51.1 Å². The van der Waals surface area contributed by atoms with Crippen molar-refractivity contribution in [1.29, 1.82) is 0 Å². The Morgan fingerprint density at radius 1 is 1.29 bits per heavy atom. The molecule has 24 heavy (non-hydrogen) atoms. The quantitative estimate of drug-likeness (QED) is 0.805. The van der Waals surface area contributed by atoms with Crippen LogP contribution in [0, 0.1) is 5.92 Å². The highest BCUT2D eigenvalue weighted by Gasteiger charge is 2.32. The van der Waals surface area contributed by atoms with E-state index in [1.165, 1.54) is 0 Å². The third-order valence-electron chi connectivity index (χ3n) is 4.82. The van der Waals surface area contributed by atoms with Crippen molar-refractivity contribution >= 4 is 11.8 Å². The zero-order valence-corrected chi connectivity index (χ0v) is 14.6. The molecule has 0 aromatic heterocycles. The lowest BCUT2D eigenvalue weighted by Gasteiger charge is -2.34. The van der Waals surface area contributed by atoms with Crippen molar-refractivity contribution in [1.82, 2.24) is 10.2 Å². The minimum atomic E-state index is -0.622. The molecule has 5 nitrogen and oxygen atoms in total. The number of benzene rings is 1. The summed E-state index contributed by atoms with van der Waals surface area (Å²) in [7, 11) is 0. The van der Waals surface area contributed by atoms with Crippen LogP contribution in [0.25, 0.3) is 0 Å². The van der Waals surface area contributed by atoms with Gasteiger partial charge in [0.25, 0.3) is 0 Å². The maximum atomic E-state index is 12.8. The van der Waals surface area contributed by atoms with Crippen molar-refractivity contribution in [2.45, 2.75) is 51.7 Å². The van der Waals surface area contributed by atoms with Crippen LogP contribution in [0.4, 0.5) is 0 Å². The lowest BCUT2D eigenvalue weighted by molar-refractivity contribution is -0.143. The molecule has 0 saturated carbocycles. The van der Waals surface area contributed by atoms with Crippen molar-refractivity contribution < 1.29 is 14.7 Å². The number of piperidine rings is 1. The van der Waals surface area contributed by atoms with Gasteiger partial charge in [-0.2, -0.15) is 0 Å². The molecular weight excluding hydrogens is 304 g/mol. The van der Waals surface area contributed by atoms with E-state index in [1.807, 2.05) is 44.2 Å². The molecular formula is C19H28N2O3. The summed E-state index contributed by atoms with van der Waals surface area (Å²) in [4.78, 5) is 26.8. The van der Waals surface area contributed by atoms with Gasteiger partial charge in [-0.1, -0.05) is 50.6 Å². The summed E-state index contributed by atoms with van der Waals surface area (Å²) in [6.45, 7) is 4.77. The second-order valence-corrected chi connectivity index (χ2v) is 6.56. The highest BCUT2D eigenvalue weighted by Crippen LogP contribution is 2.25. The molecule has 132 valence electrons. The Balaban J connectivity index is 2.13. The Labute approximate surface area is 144 Å². The van der Waals surface area contributed by atoms with Crippen molar-refractivity contribution in [3.05, 3.63) is 35.9 Å². The van der Waals surface area contributed by atoms with Crippen LogP contribution in [0.15, 0.2) is 30.3 Å². The molecule has 1 aromatic rings. The Hall–Kier alpha value is -1.88. The van der Waals surface area contributed by atoms with Crippen LogP contribution >= 0.6 is 0 Å². The van der Waals surface area contributed by atoms with E-state index in [0.29, 0.717) is 13.0 Å². The first-order chi connectivity index (χ1) is 11.5. The maximum Gasteiger partial charge on any atom is 0.247 e. The topological polar surface area (TPSA) is 69.6 Å². The molecule has 5 heteroatoms. The minimum absolute atomic E-state index is 0.0210. The highest BCUT2D eigenvalue weighted by molar-refractivity contribution is 5.89. The van der Waals surface area contributed by atoms with E-state index >= 15 is 0 Å². The number of aliphatic hydroxyl groups is 1. The first-order valence-electron chi connectivity index (χ1n) is 8.84. The van der Waals surface area contributed by atoms with Gasteiger partial charge in [0.15, 0.2) is 0 Å². The summed E-state index contributed by atoms with van der Waals surface area (Å²) in [5.74, 6) is -0.0800. The Kier molecular flexibility index (Phi) is 6.79. The molecule has 3 unspecified atom stereocenters. The van der Waals surface area contributed by atoms with E-state index in [-0.39, 0.29) is 24.3 Å². The largest absolute Gasteiger partial charge is 0.391 e. The van der Waals surface area contributed by atoms with Crippen molar-refractivity contribution in [2.75, 3.05) is 13.1 Å². The van der Waals surface area contributed by atoms with Gasteiger partial charge in [-0.3, -0.25) is 9.59 Å². The number of likely N-dealkylation sites (tertiary alicyclic amines) is 1. The van der Waals surface area contributed by atoms with Crippen LogP contribution in [0.2, 0.25) is 0 Å². The van der Waals surface area contributed by atoms with Crippen LogP contribution in [-0.2, 0) is 9.59 Å². The summed E-state index contributed by atoms with van der Waals surface area (Å²) in [5, 5.41) is 12.9. The minimum Gasteiger partial charge on any atom is -0.391 e. The van der Waals surface area contributed by atoms with Crippen LogP contribution in [-0.4, -0.2) is 41.0 Å². The van der Waals surface area contributed by atoms with Gasteiger partial charge in [-0.15, -0.1) is 0 Å². The molecule has 1 aliphatic rings. The van der Waals surface area contributed by atoms with Gasteiger partial charge in [0.2, 0.25) is 11.8 Å². The molecule has 1 saturated heterocycles. The maximum absolute atomic E-state index is 12.8. The van der Waals surface area contributed by atoms with Crippen LogP contribution in [0.5, 0.6) is 0 Å². The lowest BCUT2D eigenvalue weighted by Crippen LogP contribution is -2.47. The predicted molar refractivity (Wildman–Crippen MR) is 93.2 cm³/mol. The molecule has 0 bridgehead atoms. The number of hydrogen-bond donors (Lipinski definition) is 2. The number of nitrogens with zero attached hydrogens (tertiary/aromatic N) is 1. The van der Waals surface area contributed by atoms with Crippen molar-refractivity contribution in [2.24, 2.45) is 5.92 Å². The SMILES string of the molecule is CCC(C)C(O)CNC(=O)C(c1ccccc1)N1CCCCC1=O. The van der Waals surface area contributed by atoms with Crippen LogP contribution in [0.3, 0.4) is 0 Å². The smallest absolute Gasteiger partial charge is 0.247 e. The van der Waals surface area contributed by atoms with Gasteiger partial charge in [0, 0.05) is 19.5 Å². The van der Waals surface area contributed by atoms with Crippen LogP contribution < -0.4 is 5.32 Å². The summed E-state index contributed by atoms with van der Waals surface area (Å²) >= 11 is 0. The second kappa shape index (κ2) is 8.83. The molecule has 0 aliphatic carbocycles. The van der Waals surface area contributed by atoms with E-state index in [4.69, 9.17) is 0 Å². The zero-order chi connectivity index (χ0) is 17.5. The third kappa shape index (κ3) is 4.57. The zero-order valence-electron chi connectivity index (χ0n) is 14.6. The summed E-state index contributed by atoms with van der Waals surface area (Å²) in [6.07, 6.45) is 2.56. The fraction of sp³-hybridized carbons (Fsp3) is 0.579. The Morgan fingerprint density at radius 2 is 2.00 bits per heavy atom. The summed E-state index contributed by atoms with van der Waals surface area (Å²) in [6, 6.07) is 8.76. The third-order valence-corrected chi connectivity index (χ3v) is 4.82. The second-order valence-electron chi connectivity index (χ2n) is 6.56. The molecule has 1 aromatic carbocycles. The summed E-state index contributed by atoms with van der Waals surface area (Å²) in [5.41, 5.74) is 0.809. The number of aliphatic hydroxyl groups excluding tert-OH is 1. The fourth-order valence-electron chi connectivity index (χ4n) is 2.98. The molecule has 1 fully saturated rings. The van der Waals surface area contributed by atoms with Gasteiger partial charge in [0.1, 0.15) is 6.04 Å². The van der Waals surface area contributed by atoms with E-state index in [1.54, 1.807) is 4.90 Å². The molecule has 2 N–H and O–H groups in total. The molecule has 0 radical (unpaired) electrons. The van der Waals surface area contributed by atoms with Gasteiger partial charge in [0.05, 0.1) is 6.10 Å². The number of hydrogen-bond acceptors (Lipinski definition) is 3. The normalized spacial score (nSPS) is 18.8. The standard InChI is InChI=1S/C19H28N2O3/c1-3-14(2)16(22)13-20-19(24)18(15-9-5-4-6-10-15)21-12-8-7-11-17(21)23/h4-6,9-10,14,16,18,22H,3,7-8,11-13H2,1-2H3,(H,20,24). The van der Waals surface area contributed by atoms with E-state index in [9.17, 15) is 14.7 Å². The highest BCUT2D eigenvalue weighted by atomic mass is 16.3. The molecule has 1 aliphatic heterocycles. The number of amides is 2. The first-order valence-corrected chi connectivity index (χ1v) is 8.84. The molecule has 2 amide bonds. The van der Waals surface area contributed by atoms with E-state index in [2.05, 4.69) is 5.32 Å². The number of carbonyl (C=O) groups excluding carboxylic acids is 2. The van der Waals surface area contributed by atoms with Crippen molar-refractivity contribution in [3.8, 4) is 0 Å².